The molecule has 5 heteroatoms. The number of nitrogens with zero attached hydrogens (tertiary/aromatic N) is 1. The smallest absolute Gasteiger partial charge is 0.125 e. The van der Waals surface area contributed by atoms with E-state index < -0.39 is 0 Å². The lowest BCUT2D eigenvalue weighted by atomic mass is 10.1. The van der Waals surface area contributed by atoms with Crippen molar-refractivity contribution in [1.29, 1.82) is 0 Å². The fourth-order valence-corrected chi connectivity index (χ4v) is 4.52. The van der Waals surface area contributed by atoms with Crippen LogP contribution in [0.5, 0.6) is 11.5 Å². The molecule has 0 saturated heterocycles. The van der Waals surface area contributed by atoms with Crippen LogP contribution in [0.15, 0.2) is 65.4 Å². The van der Waals surface area contributed by atoms with Crippen LogP contribution < -0.4 is 9.47 Å². The molecular formula is C21H17NO2S2. The summed E-state index contributed by atoms with van der Waals surface area (Å²) >= 11 is 3.40. The van der Waals surface area contributed by atoms with Crippen LogP contribution in [0.2, 0.25) is 0 Å². The molecule has 0 aliphatic heterocycles. The van der Waals surface area contributed by atoms with E-state index >= 15 is 0 Å². The highest BCUT2D eigenvalue weighted by Gasteiger charge is 2.16. The Hall–Kier alpha value is -2.63. The van der Waals surface area contributed by atoms with Crippen LogP contribution in [-0.4, -0.2) is 19.2 Å². The van der Waals surface area contributed by atoms with E-state index in [4.69, 9.17) is 14.5 Å². The molecule has 0 atom stereocenters. The summed E-state index contributed by atoms with van der Waals surface area (Å²) in [6, 6.07) is 18.3. The third-order valence-corrected chi connectivity index (χ3v) is 5.95. The van der Waals surface area contributed by atoms with E-state index in [1.54, 1.807) is 36.9 Å². The quantitative estimate of drug-likeness (QED) is 0.412. The van der Waals surface area contributed by atoms with Gasteiger partial charge in [0.25, 0.3) is 0 Å². The van der Waals surface area contributed by atoms with Gasteiger partial charge in [-0.2, -0.15) is 11.3 Å². The Morgan fingerprint density at radius 1 is 0.731 bits per heavy atom. The van der Waals surface area contributed by atoms with E-state index in [1.807, 2.05) is 24.3 Å². The van der Waals surface area contributed by atoms with Gasteiger partial charge in [-0.1, -0.05) is 0 Å². The summed E-state index contributed by atoms with van der Waals surface area (Å²) in [5, 5.41) is 5.24. The van der Waals surface area contributed by atoms with Crippen molar-refractivity contribution in [2.45, 2.75) is 0 Å². The van der Waals surface area contributed by atoms with Gasteiger partial charge in [0.05, 0.1) is 24.8 Å². The molecular weight excluding hydrogens is 362 g/mol. The van der Waals surface area contributed by atoms with Crippen LogP contribution in [0.4, 0.5) is 0 Å². The summed E-state index contributed by atoms with van der Waals surface area (Å²) in [4.78, 5) is 6.10. The first-order valence-electron chi connectivity index (χ1n) is 8.11. The number of ether oxygens (including phenoxy) is 2. The highest BCUT2D eigenvalue weighted by atomic mass is 32.1. The fourth-order valence-electron chi connectivity index (χ4n) is 2.71. The summed E-state index contributed by atoms with van der Waals surface area (Å²) in [6.07, 6.45) is 0. The number of methoxy groups -OCH3 is 2. The SMILES string of the molecule is COc1ccc(-c2nc(-c3ccsc3)sc2-c2ccc(OC)cc2)cc1. The molecule has 0 N–H and O–H groups in total. The van der Waals surface area contributed by atoms with Gasteiger partial charge in [-0.15, -0.1) is 11.3 Å². The maximum absolute atomic E-state index is 5.28. The molecule has 3 nitrogen and oxygen atoms in total. The predicted octanol–water partition coefficient (Wildman–Crippen LogP) is 6.22. The Balaban J connectivity index is 1.84. The van der Waals surface area contributed by atoms with Crippen molar-refractivity contribution in [2.75, 3.05) is 14.2 Å². The first-order valence-corrected chi connectivity index (χ1v) is 9.86. The third-order valence-electron chi connectivity index (χ3n) is 4.11. The van der Waals surface area contributed by atoms with E-state index in [-0.39, 0.29) is 0 Å². The van der Waals surface area contributed by atoms with Crippen molar-refractivity contribution < 1.29 is 9.47 Å². The summed E-state index contributed by atoms with van der Waals surface area (Å²) in [7, 11) is 3.36. The maximum atomic E-state index is 5.28. The topological polar surface area (TPSA) is 31.4 Å². The average molecular weight is 380 g/mol. The van der Waals surface area contributed by atoms with Gasteiger partial charge in [0.2, 0.25) is 0 Å². The van der Waals surface area contributed by atoms with Gasteiger partial charge in [-0.3, -0.25) is 0 Å². The molecule has 0 fully saturated rings. The molecule has 4 aromatic rings. The zero-order valence-electron chi connectivity index (χ0n) is 14.4. The number of benzene rings is 2. The molecule has 26 heavy (non-hydrogen) atoms. The minimum Gasteiger partial charge on any atom is -0.497 e. The van der Waals surface area contributed by atoms with Gasteiger partial charge >= 0.3 is 0 Å². The van der Waals surface area contributed by atoms with Gasteiger partial charge in [0, 0.05) is 16.5 Å². The van der Waals surface area contributed by atoms with Crippen molar-refractivity contribution in [1.82, 2.24) is 4.98 Å². The standard InChI is InChI=1S/C21H17NO2S2/c1-23-17-7-3-14(4-8-17)19-20(15-5-9-18(24-2)10-6-15)26-21(22-19)16-11-12-25-13-16/h3-13H,1-2H3. The van der Waals surface area contributed by atoms with Gasteiger partial charge in [0.15, 0.2) is 0 Å². The first-order chi connectivity index (χ1) is 12.8. The summed E-state index contributed by atoms with van der Waals surface area (Å²) in [5.74, 6) is 1.69. The fraction of sp³-hybridized carbons (Fsp3) is 0.0952. The van der Waals surface area contributed by atoms with Crippen LogP contribution in [0, 0.1) is 0 Å². The molecule has 0 amide bonds. The lowest BCUT2D eigenvalue weighted by molar-refractivity contribution is 0.414. The summed E-state index contributed by atoms with van der Waals surface area (Å²) in [5.41, 5.74) is 4.36. The van der Waals surface area contributed by atoms with E-state index in [0.717, 1.165) is 43.8 Å². The van der Waals surface area contributed by atoms with E-state index in [2.05, 4.69) is 41.1 Å². The lowest BCUT2D eigenvalue weighted by Gasteiger charge is -2.05. The van der Waals surface area contributed by atoms with Crippen molar-refractivity contribution in [3.8, 4) is 43.8 Å². The van der Waals surface area contributed by atoms with E-state index in [9.17, 15) is 0 Å². The average Bonchev–Trinajstić information content (AvgIpc) is 3.38. The molecule has 2 heterocycles. The Morgan fingerprint density at radius 3 is 1.88 bits per heavy atom. The number of thiazole rings is 1. The molecule has 0 unspecified atom stereocenters. The molecule has 0 radical (unpaired) electrons. The van der Waals surface area contributed by atoms with Gasteiger partial charge < -0.3 is 9.47 Å². The Morgan fingerprint density at radius 2 is 1.35 bits per heavy atom. The largest absolute Gasteiger partial charge is 0.497 e. The van der Waals surface area contributed by atoms with Gasteiger partial charge in [-0.05, 0) is 65.5 Å². The molecule has 0 aliphatic carbocycles. The number of thiophene rings is 1. The summed E-state index contributed by atoms with van der Waals surface area (Å²) in [6.45, 7) is 0. The lowest BCUT2D eigenvalue weighted by Crippen LogP contribution is -1.86. The maximum Gasteiger partial charge on any atom is 0.125 e. The van der Waals surface area contributed by atoms with E-state index in [1.165, 1.54) is 0 Å². The third kappa shape index (κ3) is 3.23. The highest BCUT2D eigenvalue weighted by Crippen LogP contribution is 2.41. The number of aromatic nitrogens is 1. The number of hydrogen-bond donors (Lipinski definition) is 0. The van der Waals surface area contributed by atoms with Crippen LogP contribution in [0.25, 0.3) is 32.3 Å². The number of hydrogen-bond acceptors (Lipinski definition) is 5. The summed E-state index contributed by atoms with van der Waals surface area (Å²) < 4.78 is 10.6. The second-order valence-electron chi connectivity index (χ2n) is 5.67. The minimum absolute atomic E-state index is 0.841. The molecule has 130 valence electrons. The van der Waals surface area contributed by atoms with Gasteiger partial charge in [0.1, 0.15) is 16.5 Å². The molecule has 2 aromatic heterocycles. The molecule has 2 aromatic carbocycles. The van der Waals surface area contributed by atoms with E-state index in [0.29, 0.717) is 0 Å². The molecule has 4 rings (SSSR count). The minimum atomic E-state index is 0.841. The Kier molecular flexibility index (Phi) is 4.73. The van der Waals surface area contributed by atoms with Crippen LogP contribution in [-0.2, 0) is 0 Å². The Bertz CT molecular complexity index is 923. The highest BCUT2D eigenvalue weighted by molar-refractivity contribution is 7.19. The van der Waals surface area contributed by atoms with Crippen molar-refractivity contribution >= 4 is 22.7 Å². The van der Waals surface area contributed by atoms with Crippen LogP contribution >= 0.6 is 22.7 Å². The van der Waals surface area contributed by atoms with Crippen molar-refractivity contribution in [3.63, 3.8) is 0 Å². The molecule has 0 aliphatic rings. The zero-order chi connectivity index (χ0) is 17.9. The van der Waals surface area contributed by atoms with Crippen LogP contribution in [0.3, 0.4) is 0 Å². The number of rotatable bonds is 5. The van der Waals surface area contributed by atoms with Crippen molar-refractivity contribution in [2.24, 2.45) is 0 Å². The predicted molar refractivity (Wildman–Crippen MR) is 109 cm³/mol. The molecule has 0 spiro atoms. The van der Waals surface area contributed by atoms with Crippen LogP contribution in [0.1, 0.15) is 0 Å². The monoisotopic (exact) mass is 379 g/mol. The molecule has 0 bridgehead atoms. The zero-order valence-corrected chi connectivity index (χ0v) is 16.1. The normalized spacial score (nSPS) is 10.7. The second-order valence-corrected chi connectivity index (χ2v) is 7.44. The van der Waals surface area contributed by atoms with Gasteiger partial charge in [-0.25, -0.2) is 4.98 Å². The van der Waals surface area contributed by atoms with Crippen molar-refractivity contribution in [3.05, 3.63) is 65.4 Å². The second kappa shape index (κ2) is 7.32. The Labute approximate surface area is 160 Å². The molecule has 0 saturated carbocycles. The first kappa shape index (κ1) is 16.8.